The minimum atomic E-state index is -0.945. The van der Waals surface area contributed by atoms with Crippen molar-refractivity contribution < 1.29 is 19.2 Å². The molecule has 8 heteroatoms. The van der Waals surface area contributed by atoms with Gasteiger partial charge in [0.05, 0.1) is 23.8 Å². The fourth-order valence-electron chi connectivity index (χ4n) is 1.38. The average molecular weight is 263 g/mol. The summed E-state index contributed by atoms with van der Waals surface area (Å²) >= 11 is 0. The molecule has 0 aliphatic rings. The Morgan fingerprint density at radius 1 is 1.53 bits per heavy atom. The lowest BCUT2D eigenvalue weighted by atomic mass is 10.1. The van der Waals surface area contributed by atoms with Crippen molar-refractivity contribution >= 4 is 23.3 Å². The number of ether oxygens (including phenoxy) is 1. The van der Waals surface area contributed by atoms with Gasteiger partial charge in [0.15, 0.2) is 5.56 Å². The van der Waals surface area contributed by atoms with Crippen LogP contribution in [0.25, 0.3) is 0 Å². The minimum Gasteiger partial charge on any atom is -0.465 e. The molecular formula is C11H9N3O5. The molecule has 0 unspecified atom stereocenters. The number of rotatable bonds is 4. The van der Waals surface area contributed by atoms with Gasteiger partial charge >= 0.3 is 5.97 Å². The smallest absolute Gasteiger partial charge is 0.347 e. The van der Waals surface area contributed by atoms with E-state index in [-0.39, 0.29) is 11.3 Å². The normalized spacial score (nSPS) is 9.26. The van der Waals surface area contributed by atoms with Crippen molar-refractivity contribution in [2.24, 2.45) is 0 Å². The third-order valence-corrected chi connectivity index (χ3v) is 2.14. The number of benzene rings is 1. The molecule has 0 spiro atoms. The number of nitriles is 1. The number of nitrogens with one attached hydrogen (secondary N) is 1. The van der Waals surface area contributed by atoms with Crippen LogP contribution in [0.1, 0.15) is 16.8 Å². The van der Waals surface area contributed by atoms with E-state index < -0.39 is 28.9 Å². The molecule has 0 heterocycles. The van der Waals surface area contributed by atoms with Crippen LogP contribution in [0, 0.1) is 21.4 Å². The molecule has 1 rings (SSSR count). The number of nitro benzene ring substituents is 1. The number of nitrogens with zero attached hydrogens (tertiary/aromatic N) is 2. The van der Waals surface area contributed by atoms with Crippen molar-refractivity contribution in [1.82, 2.24) is 0 Å². The van der Waals surface area contributed by atoms with Gasteiger partial charge in [-0.2, -0.15) is 5.26 Å². The highest BCUT2D eigenvalue weighted by atomic mass is 16.6. The van der Waals surface area contributed by atoms with Gasteiger partial charge in [0.25, 0.3) is 5.69 Å². The largest absolute Gasteiger partial charge is 0.465 e. The number of amides is 1. The van der Waals surface area contributed by atoms with Crippen LogP contribution in [-0.4, -0.2) is 23.9 Å². The van der Waals surface area contributed by atoms with Gasteiger partial charge in [0, 0.05) is 6.07 Å². The number of hydrogen-bond acceptors (Lipinski definition) is 6. The molecule has 1 N–H and O–H groups in total. The van der Waals surface area contributed by atoms with Gasteiger partial charge in [0.1, 0.15) is 6.42 Å². The summed E-state index contributed by atoms with van der Waals surface area (Å²) in [5.74, 6) is -1.62. The number of methoxy groups -OCH3 is 1. The van der Waals surface area contributed by atoms with Crippen LogP contribution < -0.4 is 5.32 Å². The second-order valence-electron chi connectivity index (χ2n) is 3.33. The Hall–Kier alpha value is -2.95. The SMILES string of the molecule is COC(=O)c1c(NC(=O)CC#N)cccc1[N+](=O)[O-]. The van der Waals surface area contributed by atoms with Crippen LogP contribution in [0.5, 0.6) is 0 Å². The first kappa shape index (κ1) is 14.1. The second kappa shape index (κ2) is 6.11. The van der Waals surface area contributed by atoms with Crippen molar-refractivity contribution in [3.8, 4) is 6.07 Å². The average Bonchev–Trinajstić information content (AvgIpc) is 2.37. The van der Waals surface area contributed by atoms with Crippen molar-refractivity contribution in [3.63, 3.8) is 0 Å². The standard InChI is InChI=1S/C11H9N3O5/c1-19-11(16)10-7(13-9(15)5-6-12)3-2-4-8(10)14(17)18/h2-4H,5H2,1H3,(H,13,15). The Balaban J connectivity index is 3.27. The molecule has 0 fully saturated rings. The Morgan fingerprint density at radius 3 is 2.74 bits per heavy atom. The van der Waals surface area contributed by atoms with Crippen molar-refractivity contribution in [2.75, 3.05) is 12.4 Å². The number of carbonyl (C=O) groups excluding carboxylic acids is 2. The number of carbonyl (C=O) groups is 2. The highest BCUT2D eigenvalue weighted by Crippen LogP contribution is 2.27. The molecule has 1 amide bonds. The summed E-state index contributed by atoms with van der Waals surface area (Å²) < 4.78 is 4.45. The van der Waals surface area contributed by atoms with Gasteiger partial charge in [-0.25, -0.2) is 4.79 Å². The first-order valence-electron chi connectivity index (χ1n) is 5.03. The van der Waals surface area contributed by atoms with Crippen LogP contribution in [0.15, 0.2) is 18.2 Å². The molecule has 98 valence electrons. The molecule has 0 aliphatic carbocycles. The molecule has 0 radical (unpaired) electrons. The first-order chi connectivity index (χ1) is 9.01. The molecular weight excluding hydrogens is 254 g/mol. The number of nitro groups is 1. The predicted octanol–water partition coefficient (Wildman–Crippen LogP) is 1.23. The van der Waals surface area contributed by atoms with E-state index in [0.717, 1.165) is 13.2 Å². The van der Waals surface area contributed by atoms with Crippen LogP contribution >= 0.6 is 0 Å². The highest BCUT2D eigenvalue weighted by molar-refractivity contribution is 6.04. The van der Waals surface area contributed by atoms with Gasteiger partial charge < -0.3 is 10.1 Å². The van der Waals surface area contributed by atoms with E-state index in [1.807, 2.05) is 0 Å². The van der Waals surface area contributed by atoms with E-state index in [9.17, 15) is 19.7 Å². The maximum atomic E-state index is 11.6. The first-order valence-corrected chi connectivity index (χ1v) is 5.03. The van der Waals surface area contributed by atoms with E-state index in [4.69, 9.17) is 5.26 Å². The van der Waals surface area contributed by atoms with E-state index in [1.165, 1.54) is 12.1 Å². The fraction of sp³-hybridized carbons (Fsp3) is 0.182. The molecule has 0 atom stereocenters. The summed E-state index contributed by atoms with van der Waals surface area (Å²) in [5, 5.41) is 21.5. The summed E-state index contributed by atoms with van der Waals surface area (Å²) in [6.07, 6.45) is -0.427. The van der Waals surface area contributed by atoms with E-state index >= 15 is 0 Å². The molecule has 19 heavy (non-hydrogen) atoms. The van der Waals surface area contributed by atoms with Crippen molar-refractivity contribution in [3.05, 3.63) is 33.9 Å². The Bertz CT molecular complexity index is 576. The monoisotopic (exact) mass is 263 g/mol. The minimum absolute atomic E-state index is 0.0682. The van der Waals surface area contributed by atoms with Crippen molar-refractivity contribution in [1.29, 1.82) is 5.26 Å². The predicted molar refractivity (Wildman–Crippen MR) is 63.3 cm³/mol. The lowest BCUT2D eigenvalue weighted by Gasteiger charge is -2.08. The molecule has 8 nitrogen and oxygen atoms in total. The highest BCUT2D eigenvalue weighted by Gasteiger charge is 2.25. The third-order valence-electron chi connectivity index (χ3n) is 2.14. The van der Waals surface area contributed by atoms with Crippen LogP contribution in [0.4, 0.5) is 11.4 Å². The van der Waals surface area contributed by atoms with E-state index in [1.54, 1.807) is 6.07 Å². The van der Waals surface area contributed by atoms with Gasteiger partial charge in [-0.15, -0.1) is 0 Å². The molecule has 1 aromatic carbocycles. The van der Waals surface area contributed by atoms with Gasteiger partial charge in [0.2, 0.25) is 5.91 Å². The topological polar surface area (TPSA) is 122 Å². The number of esters is 1. The summed E-state index contributed by atoms with van der Waals surface area (Å²) in [6, 6.07) is 5.37. The van der Waals surface area contributed by atoms with E-state index in [0.29, 0.717) is 0 Å². The van der Waals surface area contributed by atoms with Crippen LogP contribution in [0.3, 0.4) is 0 Å². The van der Waals surface area contributed by atoms with Gasteiger partial charge in [-0.1, -0.05) is 6.07 Å². The zero-order chi connectivity index (χ0) is 14.4. The van der Waals surface area contributed by atoms with Crippen LogP contribution in [0.2, 0.25) is 0 Å². The lowest BCUT2D eigenvalue weighted by Crippen LogP contribution is -2.15. The lowest BCUT2D eigenvalue weighted by molar-refractivity contribution is -0.385. The maximum Gasteiger partial charge on any atom is 0.347 e. The Morgan fingerprint density at radius 2 is 2.21 bits per heavy atom. The van der Waals surface area contributed by atoms with Gasteiger partial charge in [-0.3, -0.25) is 14.9 Å². The molecule has 0 aliphatic heterocycles. The zero-order valence-corrected chi connectivity index (χ0v) is 9.87. The zero-order valence-electron chi connectivity index (χ0n) is 9.87. The quantitative estimate of drug-likeness (QED) is 0.495. The molecule has 0 bridgehead atoms. The maximum absolute atomic E-state index is 11.6. The summed E-state index contributed by atoms with van der Waals surface area (Å²) in [5.41, 5.74) is -0.913. The summed E-state index contributed by atoms with van der Waals surface area (Å²) in [6.45, 7) is 0. The molecule has 0 saturated carbocycles. The third kappa shape index (κ3) is 3.26. The molecule has 0 aromatic heterocycles. The van der Waals surface area contributed by atoms with Gasteiger partial charge in [-0.05, 0) is 6.07 Å². The Labute approximate surface area is 107 Å². The summed E-state index contributed by atoms with van der Waals surface area (Å²) in [4.78, 5) is 32.9. The number of hydrogen-bond donors (Lipinski definition) is 1. The molecule has 1 aromatic rings. The van der Waals surface area contributed by atoms with Crippen LogP contribution in [-0.2, 0) is 9.53 Å². The second-order valence-corrected chi connectivity index (χ2v) is 3.33. The number of anilines is 1. The Kier molecular flexibility index (Phi) is 4.54. The summed E-state index contributed by atoms with van der Waals surface area (Å²) in [7, 11) is 1.07. The van der Waals surface area contributed by atoms with Crippen molar-refractivity contribution in [2.45, 2.75) is 6.42 Å². The van der Waals surface area contributed by atoms with E-state index in [2.05, 4.69) is 10.1 Å². The fourth-order valence-corrected chi connectivity index (χ4v) is 1.38. The molecule has 0 saturated heterocycles.